The van der Waals surface area contributed by atoms with Crippen LogP contribution in [-0.2, 0) is 20.1 Å². The molecule has 0 aliphatic carbocycles. The fourth-order valence-corrected chi connectivity index (χ4v) is 2.97. The van der Waals surface area contributed by atoms with E-state index in [1.165, 1.54) is 25.1 Å². The third-order valence-corrected chi connectivity index (χ3v) is 4.49. The molecule has 0 unspecified atom stereocenters. The fraction of sp³-hybridized carbons (Fsp3) is 0.111. The molecule has 1 aliphatic rings. The number of fused-ring (bicyclic) bond motifs is 1. The Bertz CT molecular complexity index is 716. The third-order valence-electron chi connectivity index (χ3n) is 2.26. The number of primary sulfonamides is 1. The number of para-hydroxylation sites is 1. The molecule has 0 bridgehead atoms. The summed E-state index contributed by atoms with van der Waals surface area (Å²) in [5, 5.41) is 4.98. The third kappa shape index (κ3) is 2.06. The second-order valence-electron chi connectivity index (χ2n) is 3.51. The zero-order chi connectivity index (χ0) is 12.8. The summed E-state index contributed by atoms with van der Waals surface area (Å²) >= 11 is 0. The molecular formula is C9H9NO5S2. The zero-order valence-electron chi connectivity index (χ0n) is 8.74. The molecule has 6 nitrogen and oxygen atoms in total. The molecule has 17 heavy (non-hydrogen) atoms. The average molecular weight is 275 g/mol. The maximum absolute atomic E-state index is 11.5. The van der Waals surface area contributed by atoms with Crippen molar-refractivity contribution in [3.05, 3.63) is 28.7 Å². The van der Waals surface area contributed by atoms with Gasteiger partial charge in [0.05, 0.1) is 4.91 Å². The first-order valence-corrected chi connectivity index (χ1v) is 7.46. The molecular weight excluding hydrogens is 266 g/mol. The van der Waals surface area contributed by atoms with E-state index < -0.39 is 20.1 Å². The van der Waals surface area contributed by atoms with Gasteiger partial charge in [0.2, 0.25) is 10.0 Å². The van der Waals surface area contributed by atoms with Crippen LogP contribution in [0.4, 0.5) is 0 Å². The summed E-state index contributed by atoms with van der Waals surface area (Å²) in [6.07, 6.45) is 1.34. The molecule has 0 atom stereocenters. The number of hydrogen-bond acceptors (Lipinski definition) is 5. The Kier molecular flexibility index (Phi) is 2.53. The highest BCUT2D eigenvalue weighted by Crippen LogP contribution is 2.35. The molecule has 1 aliphatic heterocycles. The quantitative estimate of drug-likeness (QED) is 0.748. The molecule has 1 aromatic rings. The van der Waals surface area contributed by atoms with E-state index in [1.54, 1.807) is 6.07 Å². The lowest BCUT2D eigenvalue weighted by Crippen LogP contribution is -2.19. The average Bonchev–Trinajstić information content (AvgIpc) is 2.16. The normalized spacial score (nSPS) is 17.9. The summed E-state index contributed by atoms with van der Waals surface area (Å²) in [5.74, 6) is -0.249. The smallest absolute Gasteiger partial charge is 0.335 e. The number of hydrogen-bond donors (Lipinski definition) is 1. The van der Waals surface area contributed by atoms with Crippen LogP contribution in [0.3, 0.4) is 0 Å². The van der Waals surface area contributed by atoms with Crippen molar-refractivity contribution < 1.29 is 21.0 Å². The van der Waals surface area contributed by atoms with Gasteiger partial charge in [0.25, 0.3) is 0 Å². The highest BCUT2D eigenvalue weighted by molar-refractivity contribution is 7.91. The van der Waals surface area contributed by atoms with Gasteiger partial charge in [-0.1, -0.05) is 12.1 Å². The molecule has 0 radical (unpaired) electrons. The van der Waals surface area contributed by atoms with Crippen LogP contribution in [0.5, 0.6) is 5.75 Å². The maximum Gasteiger partial charge on any atom is 0.335 e. The minimum atomic E-state index is -4.03. The Morgan fingerprint density at radius 2 is 1.94 bits per heavy atom. The second-order valence-corrected chi connectivity index (χ2v) is 6.76. The van der Waals surface area contributed by atoms with Gasteiger partial charge in [0, 0.05) is 5.56 Å². The monoisotopic (exact) mass is 275 g/mol. The van der Waals surface area contributed by atoms with Gasteiger partial charge in [-0.05, 0) is 19.1 Å². The van der Waals surface area contributed by atoms with Crippen molar-refractivity contribution in [3.8, 4) is 5.75 Å². The van der Waals surface area contributed by atoms with Gasteiger partial charge in [-0.2, -0.15) is 8.42 Å². The molecule has 2 rings (SSSR count). The predicted molar refractivity (Wildman–Crippen MR) is 61.0 cm³/mol. The minimum absolute atomic E-state index is 0.0107. The predicted octanol–water partition coefficient (Wildman–Crippen LogP) is 0.417. The van der Waals surface area contributed by atoms with Crippen molar-refractivity contribution in [2.24, 2.45) is 5.14 Å². The standard InChI is InChI=1S/C9H9NO5S2/c1-6-5-7-3-2-4-8(16(10,11)12)9(7)15-17(6,13)14/h2-5H,1H3,(H2,10,11,12). The Hall–Kier alpha value is -1.38. The summed E-state index contributed by atoms with van der Waals surface area (Å²) in [5.41, 5.74) is 0.365. The summed E-state index contributed by atoms with van der Waals surface area (Å²) in [6, 6.07) is 4.20. The topological polar surface area (TPSA) is 104 Å². The van der Waals surface area contributed by atoms with Gasteiger partial charge < -0.3 is 4.18 Å². The summed E-state index contributed by atoms with van der Waals surface area (Å²) in [4.78, 5) is -0.334. The van der Waals surface area contributed by atoms with Crippen molar-refractivity contribution in [3.63, 3.8) is 0 Å². The summed E-state index contributed by atoms with van der Waals surface area (Å²) < 4.78 is 50.3. The van der Waals surface area contributed by atoms with E-state index in [0.717, 1.165) is 0 Å². The number of allylic oxidation sites excluding steroid dienone is 1. The van der Waals surface area contributed by atoms with E-state index in [-0.39, 0.29) is 15.6 Å². The van der Waals surface area contributed by atoms with E-state index in [2.05, 4.69) is 0 Å². The fourth-order valence-electron chi connectivity index (χ4n) is 1.43. The number of nitrogens with two attached hydrogens (primary N) is 1. The zero-order valence-corrected chi connectivity index (χ0v) is 10.4. The van der Waals surface area contributed by atoms with Crippen LogP contribution in [0.15, 0.2) is 28.0 Å². The van der Waals surface area contributed by atoms with E-state index in [1.807, 2.05) is 0 Å². The molecule has 1 heterocycles. The molecule has 0 saturated carbocycles. The van der Waals surface area contributed by atoms with Gasteiger partial charge in [0.15, 0.2) is 5.75 Å². The first-order chi connectivity index (χ1) is 7.72. The van der Waals surface area contributed by atoms with Crippen LogP contribution in [0, 0.1) is 0 Å². The van der Waals surface area contributed by atoms with Crippen LogP contribution < -0.4 is 9.32 Å². The number of sulfonamides is 1. The van der Waals surface area contributed by atoms with Crippen LogP contribution in [-0.4, -0.2) is 16.8 Å². The highest BCUT2D eigenvalue weighted by Gasteiger charge is 2.28. The van der Waals surface area contributed by atoms with Crippen molar-refractivity contribution in [1.29, 1.82) is 0 Å². The molecule has 0 aromatic heterocycles. The van der Waals surface area contributed by atoms with E-state index >= 15 is 0 Å². The summed E-state index contributed by atoms with van der Waals surface area (Å²) in [7, 11) is -7.95. The molecule has 8 heteroatoms. The van der Waals surface area contributed by atoms with Gasteiger partial charge in [-0.15, -0.1) is 0 Å². The van der Waals surface area contributed by atoms with Crippen molar-refractivity contribution in [1.82, 2.24) is 0 Å². The van der Waals surface area contributed by atoms with Crippen LogP contribution in [0.25, 0.3) is 6.08 Å². The largest absolute Gasteiger partial charge is 0.377 e. The first kappa shape index (κ1) is 12.1. The lowest BCUT2D eigenvalue weighted by Gasteiger charge is -2.17. The molecule has 0 spiro atoms. The van der Waals surface area contributed by atoms with E-state index in [9.17, 15) is 16.8 Å². The van der Waals surface area contributed by atoms with E-state index in [0.29, 0.717) is 5.56 Å². The Labute approximate surface area is 98.9 Å². The van der Waals surface area contributed by atoms with Crippen LogP contribution >= 0.6 is 0 Å². The molecule has 0 amide bonds. The number of rotatable bonds is 1. The van der Waals surface area contributed by atoms with Crippen molar-refractivity contribution >= 4 is 26.2 Å². The highest BCUT2D eigenvalue weighted by atomic mass is 32.2. The van der Waals surface area contributed by atoms with Gasteiger partial charge in [-0.25, -0.2) is 13.6 Å². The molecule has 2 N–H and O–H groups in total. The summed E-state index contributed by atoms with van der Waals surface area (Å²) in [6.45, 7) is 1.36. The second kappa shape index (κ2) is 3.56. The molecule has 92 valence electrons. The minimum Gasteiger partial charge on any atom is -0.377 e. The lowest BCUT2D eigenvalue weighted by atomic mass is 10.2. The maximum atomic E-state index is 11.5. The Morgan fingerprint density at radius 1 is 1.29 bits per heavy atom. The van der Waals surface area contributed by atoms with E-state index in [4.69, 9.17) is 9.32 Å². The lowest BCUT2D eigenvalue weighted by molar-refractivity contribution is 0.483. The Balaban J connectivity index is 2.80. The first-order valence-electron chi connectivity index (χ1n) is 4.50. The molecule has 0 saturated heterocycles. The van der Waals surface area contributed by atoms with Crippen molar-refractivity contribution in [2.45, 2.75) is 11.8 Å². The van der Waals surface area contributed by atoms with Crippen LogP contribution in [0.2, 0.25) is 0 Å². The van der Waals surface area contributed by atoms with Gasteiger partial charge >= 0.3 is 10.1 Å². The van der Waals surface area contributed by atoms with Gasteiger partial charge in [0.1, 0.15) is 4.90 Å². The molecule has 0 fully saturated rings. The molecule has 1 aromatic carbocycles. The Morgan fingerprint density at radius 3 is 2.53 bits per heavy atom. The SMILES string of the molecule is CC1=Cc2cccc(S(N)(=O)=O)c2OS1(=O)=O. The number of benzene rings is 1. The van der Waals surface area contributed by atoms with Gasteiger partial charge in [-0.3, -0.25) is 0 Å². The van der Waals surface area contributed by atoms with Crippen molar-refractivity contribution in [2.75, 3.05) is 0 Å². The van der Waals surface area contributed by atoms with Crippen LogP contribution in [0.1, 0.15) is 12.5 Å².